The van der Waals surface area contributed by atoms with Crippen LogP contribution in [-0.4, -0.2) is 51.4 Å². The number of aryl methyl sites for hydroxylation is 1. The fraction of sp³-hybridized carbons (Fsp3) is 0.391. The molecule has 3 aromatic rings. The predicted octanol–water partition coefficient (Wildman–Crippen LogP) is 5.35. The molecule has 1 aliphatic rings. The van der Waals surface area contributed by atoms with Crippen LogP contribution in [0.5, 0.6) is 0 Å². The van der Waals surface area contributed by atoms with Gasteiger partial charge in [-0.05, 0) is 55.8 Å². The fourth-order valence-electron chi connectivity index (χ4n) is 3.73. The molecule has 2 aromatic heterocycles. The lowest BCUT2D eigenvalue weighted by Gasteiger charge is -2.25. The Kier molecular flexibility index (Phi) is 7.84. The van der Waals surface area contributed by atoms with Gasteiger partial charge in [0, 0.05) is 39.1 Å². The summed E-state index contributed by atoms with van der Waals surface area (Å²) in [5, 5.41) is 1.90. The first-order chi connectivity index (χ1) is 15.5. The van der Waals surface area contributed by atoms with Gasteiger partial charge in [0.1, 0.15) is 5.76 Å². The number of carbonyl (C=O) groups is 1. The quantitative estimate of drug-likeness (QED) is 0.376. The molecule has 0 unspecified atom stereocenters. The minimum atomic E-state index is -0.122. The number of thioether (sulfide) groups is 1. The van der Waals surface area contributed by atoms with Crippen LogP contribution in [0.3, 0.4) is 0 Å². The molecular formula is C23H26Cl2N4O2S. The third kappa shape index (κ3) is 5.90. The molecule has 0 spiro atoms. The van der Waals surface area contributed by atoms with Crippen molar-refractivity contribution in [2.75, 3.05) is 26.2 Å². The normalized spacial score (nSPS) is 14.2. The molecule has 0 aliphatic carbocycles. The number of hydrogen-bond acceptors (Lipinski definition) is 5. The van der Waals surface area contributed by atoms with Crippen LogP contribution >= 0.6 is 35.0 Å². The Bertz CT molecular complexity index is 1060. The average molecular weight is 493 g/mol. The van der Waals surface area contributed by atoms with Gasteiger partial charge in [-0.2, -0.15) is 0 Å². The first-order valence-corrected chi connectivity index (χ1v) is 12.4. The SMILES string of the molecule is Cn1ccnc1SCc1ccc(C(=O)N(CCN2CCCC2)Cc2ccc(Cl)c(Cl)c2)o1. The lowest BCUT2D eigenvalue weighted by molar-refractivity contribution is 0.0693. The molecule has 0 bridgehead atoms. The predicted molar refractivity (Wildman–Crippen MR) is 128 cm³/mol. The van der Waals surface area contributed by atoms with Gasteiger partial charge in [-0.15, -0.1) is 0 Å². The van der Waals surface area contributed by atoms with E-state index >= 15 is 0 Å². The van der Waals surface area contributed by atoms with Crippen LogP contribution in [0.4, 0.5) is 0 Å². The summed E-state index contributed by atoms with van der Waals surface area (Å²) in [6, 6.07) is 9.11. The van der Waals surface area contributed by atoms with Crippen molar-refractivity contribution in [2.45, 2.75) is 30.3 Å². The summed E-state index contributed by atoms with van der Waals surface area (Å²) in [6.45, 7) is 4.09. The molecule has 0 saturated carbocycles. The monoisotopic (exact) mass is 492 g/mol. The lowest BCUT2D eigenvalue weighted by atomic mass is 10.2. The van der Waals surface area contributed by atoms with Crippen molar-refractivity contribution in [3.05, 3.63) is 69.9 Å². The highest BCUT2D eigenvalue weighted by Gasteiger charge is 2.22. The molecule has 32 heavy (non-hydrogen) atoms. The molecule has 170 valence electrons. The van der Waals surface area contributed by atoms with E-state index in [-0.39, 0.29) is 5.91 Å². The van der Waals surface area contributed by atoms with Crippen LogP contribution in [0.25, 0.3) is 0 Å². The third-order valence-electron chi connectivity index (χ3n) is 5.52. The molecule has 1 aliphatic heterocycles. The van der Waals surface area contributed by atoms with E-state index in [4.69, 9.17) is 27.6 Å². The first kappa shape index (κ1) is 23.2. The molecule has 0 radical (unpaired) electrons. The fourth-order valence-corrected chi connectivity index (χ4v) is 4.88. The van der Waals surface area contributed by atoms with Crippen LogP contribution in [0.1, 0.15) is 34.7 Å². The molecule has 0 N–H and O–H groups in total. The number of benzene rings is 1. The van der Waals surface area contributed by atoms with Crippen LogP contribution in [0, 0.1) is 0 Å². The first-order valence-electron chi connectivity index (χ1n) is 10.6. The van der Waals surface area contributed by atoms with Gasteiger partial charge in [-0.1, -0.05) is 41.0 Å². The van der Waals surface area contributed by atoms with Crippen molar-refractivity contribution in [3.8, 4) is 0 Å². The standard InChI is InChI=1S/C23H26Cl2N4O2S/c1-27-11-8-26-23(27)32-16-18-5-7-21(31-18)22(30)29(13-12-28-9-2-3-10-28)15-17-4-6-19(24)20(25)14-17/h4-8,11,14H,2-3,9-10,12-13,15-16H2,1H3. The molecule has 1 amide bonds. The van der Waals surface area contributed by atoms with Gasteiger partial charge in [0.15, 0.2) is 10.9 Å². The number of carbonyl (C=O) groups excluding carboxylic acids is 1. The Morgan fingerprint density at radius 1 is 1.19 bits per heavy atom. The van der Waals surface area contributed by atoms with Crippen molar-refractivity contribution in [1.82, 2.24) is 19.4 Å². The number of furan rings is 1. The number of aromatic nitrogens is 2. The maximum absolute atomic E-state index is 13.3. The van der Waals surface area contributed by atoms with Crippen LogP contribution in [-0.2, 0) is 19.3 Å². The summed E-state index contributed by atoms with van der Waals surface area (Å²) in [4.78, 5) is 21.9. The molecule has 4 rings (SSSR count). The van der Waals surface area contributed by atoms with E-state index in [2.05, 4.69) is 9.88 Å². The summed E-state index contributed by atoms with van der Waals surface area (Å²) in [5.41, 5.74) is 0.936. The zero-order valence-corrected chi connectivity index (χ0v) is 20.3. The molecule has 9 heteroatoms. The van der Waals surface area contributed by atoms with E-state index in [0.29, 0.717) is 34.6 Å². The largest absolute Gasteiger partial charge is 0.455 e. The maximum atomic E-state index is 13.3. The van der Waals surface area contributed by atoms with Gasteiger partial charge in [0.2, 0.25) is 0 Å². The third-order valence-corrected chi connectivity index (χ3v) is 7.34. The van der Waals surface area contributed by atoms with Crippen LogP contribution < -0.4 is 0 Å². The summed E-state index contributed by atoms with van der Waals surface area (Å²) < 4.78 is 7.86. The van der Waals surface area contributed by atoms with E-state index in [1.165, 1.54) is 12.8 Å². The topological polar surface area (TPSA) is 54.5 Å². The molecule has 1 fully saturated rings. The van der Waals surface area contributed by atoms with E-state index in [9.17, 15) is 4.79 Å². The molecule has 3 heterocycles. The van der Waals surface area contributed by atoms with E-state index in [1.807, 2.05) is 40.9 Å². The van der Waals surface area contributed by atoms with Crippen molar-refractivity contribution < 1.29 is 9.21 Å². The number of halogens is 2. The Hall–Kier alpha value is -1.93. The van der Waals surface area contributed by atoms with Gasteiger partial charge >= 0.3 is 0 Å². The second-order valence-corrected chi connectivity index (χ2v) is 9.66. The maximum Gasteiger partial charge on any atom is 0.289 e. The number of nitrogens with zero attached hydrogens (tertiary/aromatic N) is 4. The zero-order chi connectivity index (χ0) is 22.5. The summed E-state index contributed by atoms with van der Waals surface area (Å²) in [6.07, 6.45) is 6.10. The second kappa shape index (κ2) is 10.8. The van der Waals surface area contributed by atoms with Gasteiger partial charge in [0.05, 0.1) is 15.8 Å². The van der Waals surface area contributed by atoms with Crippen LogP contribution in [0.15, 0.2) is 52.3 Å². The van der Waals surface area contributed by atoms with Gasteiger partial charge in [0.25, 0.3) is 5.91 Å². The van der Waals surface area contributed by atoms with Gasteiger partial charge in [-0.3, -0.25) is 4.79 Å². The average Bonchev–Trinajstić information content (AvgIpc) is 3.54. The number of imidazole rings is 1. The van der Waals surface area contributed by atoms with E-state index in [1.54, 1.807) is 30.1 Å². The zero-order valence-electron chi connectivity index (χ0n) is 18.0. The summed E-state index contributed by atoms with van der Waals surface area (Å²) in [7, 11) is 1.95. The Morgan fingerprint density at radius 2 is 2.00 bits per heavy atom. The van der Waals surface area contributed by atoms with E-state index in [0.717, 1.165) is 36.1 Å². The smallest absolute Gasteiger partial charge is 0.289 e. The van der Waals surface area contributed by atoms with Crippen molar-refractivity contribution in [3.63, 3.8) is 0 Å². The lowest BCUT2D eigenvalue weighted by Crippen LogP contribution is -2.37. The van der Waals surface area contributed by atoms with Gasteiger partial charge in [-0.25, -0.2) is 4.98 Å². The van der Waals surface area contributed by atoms with Gasteiger partial charge < -0.3 is 18.8 Å². The minimum Gasteiger partial charge on any atom is -0.455 e. The highest BCUT2D eigenvalue weighted by molar-refractivity contribution is 7.98. The molecule has 1 aromatic carbocycles. The van der Waals surface area contributed by atoms with Crippen molar-refractivity contribution >= 4 is 40.9 Å². The van der Waals surface area contributed by atoms with Crippen LogP contribution in [0.2, 0.25) is 10.0 Å². The van der Waals surface area contributed by atoms with Crippen molar-refractivity contribution in [1.29, 1.82) is 0 Å². The Morgan fingerprint density at radius 3 is 2.72 bits per heavy atom. The highest BCUT2D eigenvalue weighted by Crippen LogP contribution is 2.25. The molecule has 6 nitrogen and oxygen atoms in total. The highest BCUT2D eigenvalue weighted by atomic mass is 35.5. The molecule has 0 atom stereocenters. The Labute approximate surface area is 202 Å². The second-order valence-electron chi connectivity index (χ2n) is 7.90. The summed E-state index contributed by atoms with van der Waals surface area (Å²) in [5.74, 6) is 1.58. The number of likely N-dealkylation sites (tertiary alicyclic amines) is 1. The number of rotatable bonds is 9. The number of amides is 1. The summed E-state index contributed by atoms with van der Waals surface area (Å²) >= 11 is 13.8. The molecule has 1 saturated heterocycles. The minimum absolute atomic E-state index is 0.122. The molecular weight excluding hydrogens is 467 g/mol. The number of hydrogen-bond donors (Lipinski definition) is 0. The van der Waals surface area contributed by atoms with E-state index < -0.39 is 0 Å². The van der Waals surface area contributed by atoms with Crippen molar-refractivity contribution in [2.24, 2.45) is 7.05 Å². The Balaban J connectivity index is 1.45.